The van der Waals surface area contributed by atoms with Crippen LogP contribution in [-0.4, -0.2) is 39.6 Å². The second-order valence-electron chi connectivity index (χ2n) is 5.22. The fourth-order valence-corrected chi connectivity index (χ4v) is 3.04. The monoisotopic (exact) mass is 298 g/mol. The molecule has 5 nitrogen and oxygen atoms in total. The Morgan fingerprint density at radius 3 is 2.60 bits per heavy atom. The average Bonchev–Trinajstić information content (AvgIpc) is 2.88. The Balaban J connectivity index is 1.83. The lowest BCUT2D eigenvalue weighted by Crippen LogP contribution is -2.22. The van der Waals surface area contributed by atoms with Crippen LogP contribution in [0.1, 0.15) is 24.8 Å². The summed E-state index contributed by atoms with van der Waals surface area (Å²) in [5, 5.41) is 5.09. The van der Waals surface area contributed by atoms with Gasteiger partial charge in [0.05, 0.1) is 11.5 Å². The molecule has 1 aromatic rings. The first-order chi connectivity index (χ1) is 9.47. The zero-order valence-electron chi connectivity index (χ0n) is 11.8. The number of rotatable bonds is 6. The van der Waals surface area contributed by atoms with Crippen LogP contribution in [-0.2, 0) is 10.0 Å². The van der Waals surface area contributed by atoms with Gasteiger partial charge in [-0.15, -0.1) is 0 Å². The summed E-state index contributed by atoms with van der Waals surface area (Å²) in [5.41, 5.74) is 0.790. The largest absolute Gasteiger partial charge is 0.493 e. The van der Waals surface area contributed by atoms with Gasteiger partial charge in [-0.3, -0.25) is 0 Å². The van der Waals surface area contributed by atoms with E-state index in [2.05, 4.69) is 4.90 Å². The summed E-state index contributed by atoms with van der Waals surface area (Å²) in [7, 11) is -3.64. The van der Waals surface area contributed by atoms with Crippen LogP contribution in [0.15, 0.2) is 23.1 Å². The van der Waals surface area contributed by atoms with Gasteiger partial charge in [-0.1, -0.05) is 0 Å². The lowest BCUT2D eigenvalue weighted by molar-refractivity contribution is 0.262. The Hall–Kier alpha value is -1.11. The zero-order valence-corrected chi connectivity index (χ0v) is 12.7. The molecule has 20 heavy (non-hydrogen) atoms. The topological polar surface area (TPSA) is 72.6 Å². The standard InChI is InChI=1S/C14H22N2O3S/c1-12-11-13(20(15,17)18)5-6-14(12)19-10-4-9-16-7-2-3-8-16/h5-6,11H,2-4,7-10H2,1H3,(H2,15,17,18). The molecule has 1 aromatic carbocycles. The van der Waals surface area contributed by atoms with Gasteiger partial charge in [0.2, 0.25) is 10.0 Å². The minimum Gasteiger partial charge on any atom is -0.493 e. The van der Waals surface area contributed by atoms with Crippen molar-refractivity contribution in [2.24, 2.45) is 5.14 Å². The fraction of sp³-hybridized carbons (Fsp3) is 0.571. The number of ether oxygens (including phenoxy) is 1. The van der Waals surface area contributed by atoms with Crippen LogP contribution in [0.25, 0.3) is 0 Å². The highest BCUT2D eigenvalue weighted by molar-refractivity contribution is 7.89. The van der Waals surface area contributed by atoms with Crippen molar-refractivity contribution in [1.29, 1.82) is 0 Å². The molecule has 1 aliphatic heterocycles. The van der Waals surface area contributed by atoms with Crippen LogP contribution in [0.3, 0.4) is 0 Å². The van der Waals surface area contributed by atoms with Crippen LogP contribution < -0.4 is 9.88 Å². The highest BCUT2D eigenvalue weighted by Crippen LogP contribution is 2.21. The molecule has 112 valence electrons. The molecule has 0 spiro atoms. The Morgan fingerprint density at radius 1 is 1.30 bits per heavy atom. The van der Waals surface area contributed by atoms with Crippen LogP contribution in [0, 0.1) is 6.92 Å². The normalized spacial score (nSPS) is 16.5. The molecule has 0 bridgehead atoms. The third kappa shape index (κ3) is 4.19. The molecule has 0 atom stereocenters. The van der Waals surface area contributed by atoms with Gasteiger partial charge >= 0.3 is 0 Å². The summed E-state index contributed by atoms with van der Waals surface area (Å²) in [6.45, 7) is 5.93. The number of primary sulfonamides is 1. The number of nitrogens with zero attached hydrogens (tertiary/aromatic N) is 1. The molecule has 0 amide bonds. The highest BCUT2D eigenvalue weighted by Gasteiger charge is 2.12. The van der Waals surface area contributed by atoms with Crippen molar-refractivity contribution in [3.63, 3.8) is 0 Å². The van der Waals surface area contributed by atoms with Crippen molar-refractivity contribution in [2.45, 2.75) is 31.1 Å². The van der Waals surface area contributed by atoms with E-state index in [9.17, 15) is 8.42 Å². The van der Waals surface area contributed by atoms with E-state index >= 15 is 0 Å². The van der Waals surface area contributed by atoms with Crippen molar-refractivity contribution in [3.05, 3.63) is 23.8 Å². The summed E-state index contributed by atoms with van der Waals surface area (Å²) in [4.78, 5) is 2.57. The maximum atomic E-state index is 11.2. The van der Waals surface area contributed by atoms with Crippen LogP contribution in [0.5, 0.6) is 5.75 Å². The molecular formula is C14H22N2O3S. The zero-order chi connectivity index (χ0) is 14.6. The quantitative estimate of drug-likeness (QED) is 0.808. The smallest absolute Gasteiger partial charge is 0.238 e. The molecular weight excluding hydrogens is 276 g/mol. The fourth-order valence-electron chi connectivity index (χ4n) is 2.44. The van der Waals surface area contributed by atoms with E-state index in [4.69, 9.17) is 9.88 Å². The number of hydrogen-bond donors (Lipinski definition) is 1. The Kier molecular flexibility index (Phi) is 5.01. The van der Waals surface area contributed by atoms with Gasteiger partial charge in [-0.05, 0) is 63.0 Å². The van der Waals surface area contributed by atoms with Crippen molar-refractivity contribution in [1.82, 2.24) is 4.90 Å². The van der Waals surface area contributed by atoms with Gasteiger partial charge in [-0.2, -0.15) is 0 Å². The Bertz CT molecular complexity index is 552. The van der Waals surface area contributed by atoms with Crippen molar-refractivity contribution in [2.75, 3.05) is 26.2 Å². The highest BCUT2D eigenvalue weighted by atomic mass is 32.2. The number of likely N-dealkylation sites (tertiary alicyclic amines) is 1. The van der Waals surface area contributed by atoms with Gasteiger partial charge in [0.15, 0.2) is 0 Å². The summed E-state index contributed by atoms with van der Waals surface area (Å²) in [6.07, 6.45) is 3.58. The average molecular weight is 298 g/mol. The number of nitrogens with two attached hydrogens (primary N) is 1. The predicted octanol–water partition coefficient (Wildman–Crippen LogP) is 1.51. The molecule has 0 aliphatic carbocycles. The van der Waals surface area contributed by atoms with Crippen LogP contribution in [0.4, 0.5) is 0 Å². The molecule has 2 N–H and O–H groups in total. The summed E-state index contributed by atoms with van der Waals surface area (Å²) in [5.74, 6) is 0.721. The van der Waals surface area contributed by atoms with Gasteiger partial charge < -0.3 is 9.64 Å². The maximum Gasteiger partial charge on any atom is 0.238 e. The van der Waals surface area contributed by atoms with Crippen molar-refractivity contribution in [3.8, 4) is 5.75 Å². The second kappa shape index (κ2) is 6.56. The molecule has 0 saturated carbocycles. The molecule has 6 heteroatoms. The van der Waals surface area contributed by atoms with E-state index in [1.165, 1.54) is 32.0 Å². The Morgan fingerprint density at radius 2 is 2.00 bits per heavy atom. The van der Waals surface area contributed by atoms with E-state index in [1.54, 1.807) is 12.1 Å². The number of sulfonamides is 1. The number of hydrogen-bond acceptors (Lipinski definition) is 4. The van der Waals surface area contributed by atoms with Crippen LogP contribution >= 0.6 is 0 Å². The second-order valence-corrected chi connectivity index (χ2v) is 6.78. The molecule has 0 aromatic heterocycles. The summed E-state index contributed by atoms with van der Waals surface area (Å²) >= 11 is 0. The lowest BCUT2D eigenvalue weighted by atomic mass is 10.2. The van der Waals surface area contributed by atoms with E-state index < -0.39 is 10.0 Å². The molecule has 1 aliphatic rings. The summed E-state index contributed by atoms with van der Waals surface area (Å²) < 4.78 is 28.2. The van der Waals surface area contributed by atoms with Crippen LogP contribution in [0.2, 0.25) is 0 Å². The lowest BCUT2D eigenvalue weighted by Gasteiger charge is -2.15. The van der Waals surface area contributed by atoms with E-state index in [-0.39, 0.29) is 4.90 Å². The molecule has 2 rings (SSSR count). The van der Waals surface area contributed by atoms with Crippen molar-refractivity contribution < 1.29 is 13.2 Å². The first-order valence-corrected chi connectivity index (χ1v) is 8.50. The van der Waals surface area contributed by atoms with Gasteiger partial charge in [-0.25, -0.2) is 13.6 Å². The molecule has 0 unspecified atom stereocenters. The van der Waals surface area contributed by atoms with Crippen molar-refractivity contribution >= 4 is 10.0 Å². The molecule has 1 fully saturated rings. The van der Waals surface area contributed by atoms with Gasteiger partial charge in [0.1, 0.15) is 5.75 Å². The molecule has 1 saturated heterocycles. The first-order valence-electron chi connectivity index (χ1n) is 6.95. The maximum absolute atomic E-state index is 11.2. The third-order valence-corrected chi connectivity index (χ3v) is 4.46. The number of aryl methyl sites for hydroxylation is 1. The van der Waals surface area contributed by atoms with Gasteiger partial charge in [0.25, 0.3) is 0 Å². The minimum absolute atomic E-state index is 0.124. The van der Waals surface area contributed by atoms with E-state index in [1.807, 2.05) is 6.92 Å². The van der Waals surface area contributed by atoms with E-state index in [0.29, 0.717) is 6.61 Å². The Labute approximate surface area is 120 Å². The third-order valence-electron chi connectivity index (χ3n) is 3.55. The number of benzene rings is 1. The SMILES string of the molecule is Cc1cc(S(N)(=O)=O)ccc1OCCCN1CCCC1. The van der Waals surface area contributed by atoms with Gasteiger partial charge in [0, 0.05) is 6.54 Å². The molecule has 0 radical (unpaired) electrons. The molecule has 1 heterocycles. The minimum atomic E-state index is -3.64. The predicted molar refractivity (Wildman–Crippen MR) is 78.3 cm³/mol. The summed E-state index contributed by atoms with van der Waals surface area (Å²) in [6, 6.07) is 4.70. The van der Waals surface area contributed by atoms with E-state index in [0.717, 1.165) is 24.3 Å². The first kappa shape index (κ1) is 15.3.